The first-order valence-electron chi connectivity index (χ1n) is 8.42. The first-order valence-corrected chi connectivity index (χ1v) is 8.42. The molecule has 2 aromatic rings. The van der Waals surface area contributed by atoms with Crippen LogP contribution < -0.4 is 5.32 Å². The molecule has 1 aromatic heterocycles. The minimum atomic E-state index is -0.467. The van der Waals surface area contributed by atoms with E-state index in [0.717, 1.165) is 18.7 Å². The van der Waals surface area contributed by atoms with Crippen molar-refractivity contribution in [2.45, 2.75) is 31.4 Å². The van der Waals surface area contributed by atoms with Crippen molar-refractivity contribution in [1.29, 1.82) is 0 Å². The largest absolute Gasteiger partial charge is 0.370 e. The van der Waals surface area contributed by atoms with Crippen LogP contribution >= 0.6 is 0 Å². The molecule has 0 bridgehead atoms. The van der Waals surface area contributed by atoms with Crippen molar-refractivity contribution >= 4 is 6.03 Å². The second-order valence-corrected chi connectivity index (χ2v) is 6.31. The first kappa shape index (κ1) is 16.0. The molecule has 7 nitrogen and oxygen atoms in total. The van der Waals surface area contributed by atoms with Gasteiger partial charge in [-0.15, -0.1) is 0 Å². The Bertz CT molecular complexity index is 762. The van der Waals surface area contributed by atoms with Gasteiger partial charge in [0.15, 0.2) is 5.82 Å². The molecule has 0 spiro atoms. The standard InChI is InChI=1S/C17H19FN4O3/c18-13-4-2-1-3-12(13)14-10-22(7-8-24-14)17(23)19-9-15-20-16(21-25-15)11-5-6-11/h1-4,11,14H,5-10H2,(H,19,23)/t14-/m0/s1. The fourth-order valence-electron chi connectivity index (χ4n) is 2.87. The molecular weight excluding hydrogens is 327 g/mol. The molecule has 25 heavy (non-hydrogen) atoms. The lowest BCUT2D eigenvalue weighted by Crippen LogP contribution is -2.47. The van der Waals surface area contributed by atoms with Gasteiger partial charge in [0, 0.05) is 18.0 Å². The number of nitrogens with zero attached hydrogens (tertiary/aromatic N) is 3. The van der Waals surface area contributed by atoms with Crippen molar-refractivity contribution in [3.8, 4) is 0 Å². The van der Waals surface area contributed by atoms with Gasteiger partial charge in [0.05, 0.1) is 19.7 Å². The summed E-state index contributed by atoms with van der Waals surface area (Å²) in [5.41, 5.74) is 0.464. The Labute approximate surface area is 144 Å². The number of carbonyl (C=O) groups excluding carboxylic acids is 1. The minimum absolute atomic E-state index is 0.181. The molecule has 2 heterocycles. The van der Waals surface area contributed by atoms with Gasteiger partial charge in [-0.2, -0.15) is 4.98 Å². The van der Waals surface area contributed by atoms with Gasteiger partial charge >= 0.3 is 6.03 Å². The predicted molar refractivity (Wildman–Crippen MR) is 85.2 cm³/mol. The highest BCUT2D eigenvalue weighted by molar-refractivity contribution is 5.74. The maximum atomic E-state index is 13.9. The van der Waals surface area contributed by atoms with Crippen molar-refractivity contribution in [3.05, 3.63) is 47.4 Å². The van der Waals surface area contributed by atoms with Gasteiger partial charge in [-0.3, -0.25) is 0 Å². The number of hydrogen-bond donors (Lipinski definition) is 1. The van der Waals surface area contributed by atoms with Crippen LogP contribution in [0.1, 0.15) is 42.1 Å². The summed E-state index contributed by atoms with van der Waals surface area (Å²) in [7, 11) is 0. The quantitative estimate of drug-likeness (QED) is 0.919. The van der Waals surface area contributed by atoms with Gasteiger partial charge < -0.3 is 19.5 Å². The third-order valence-electron chi connectivity index (χ3n) is 4.42. The minimum Gasteiger partial charge on any atom is -0.370 e. The van der Waals surface area contributed by atoms with Crippen LogP contribution in [0.4, 0.5) is 9.18 Å². The summed E-state index contributed by atoms with van der Waals surface area (Å²) in [6.07, 6.45) is 1.72. The smallest absolute Gasteiger partial charge is 0.318 e. The SMILES string of the molecule is O=C(NCc1nc(C2CC2)no1)N1CCO[C@H](c2ccccc2F)C1. The van der Waals surface area contributed by atoms with E-state index in [9.17, 15) is 9.18 Å². The number of aromatic nitrogens is 2. The van der Waals surface area contributed by atoms with Gasteiger partial charge in [-0.25, -0.2) is 9.18 Å². The lowest BCUT2D eigenvalue weighted by Gasteiger charge is -2.33. The van der Waals surface area contributed by atoms with Crippen molar-refractivity contribution < 1.29 is 18.4 Å². The normalized spacial score (nSPS) is 20.5. The third kappa shape index (κ3) is 3.63. The van der Waals surface area contributed by atoms with Gasteiger partial charge in [0.1, 0.15) is 11.9 Å². The van der Waals surface area contributed by atoms with Crippen molar-refractivity contribution in [3.63, 3.8) is 0 Å². The molecule has 8 heteroatoms. The molecule has 1 aliphatic carbocycles. The summed E-state index contributed by atoms with van der Waals surface area (Å²) in [4.78, 5) is 18.2. The van der Waals surface area contributed by atoms with E-state index in [0.29, 0.717) is 37.1 Å². The number of ether oxygens (including phenoxy) is 1. The van der Waals surface area contributed by atoms with Crippen LogP contribution in [0, 0.1) is 5.82 Å². The van der Waals surface area contributed by atoms with E-state index in [1.165, 1.54) is 6.07 Å². The maximum absolute atomic E-state index is 13.9. The van der Waals surface area contributed by atoms with E-state index < -0.39 is 6.10 Å². The molecule has 0 radical (unpaired) electrons. The van der Waals surface area contributed by atoms with Crippen LogP contribution in [0.25, 0.3) is 0 Å². The number of morpholine rings is 1. The summed E-state index contributed by atoms with van der Waals surface area (Å²) >= 11 is 0. The highest BCUT2D eigenvalue weighted by Crippen LogP contribution is 2.38. The zero-order valence-corrected chi connectivity index (χ0v) is 13.7. The van der Waals surface area contributed by atoms with Crippen molar-refractivity contribution in [2.24, 2.45) is 0 Å². The predicted octanol–water partition coefficient (Wildman–Crippen LogP) is 2.37. The summed E-state index contributed by atoms with van der Waals surface area (Å²) < 4.78 is 24.7. The number of nitrogens with one attached hydrogen (secondary N) is 1. The summed E-state index contributed by atoms with van der Waals surface area (Å²) in [5, 5.41) is 6.69. The molecule has 2 aliphatic rings. The molecule has 1 saturated carbocycles. The third-order valence-corrected chi connectivity index (χ3v) is 4.42. The van der Waals surface area contributed by atoms with Crippen LogP contribution in [0.3, 0.4) is 0 Å². The molecule has 1 atom stereocenters. The van der Waals surface area contributed by atoms with Crippen LogP contribution in [-0.2, 0) is 11.3 Å². The lowest BCUT2D eigenvalue weighted by molar-refractivity contribution is -0.0172. The first-order chi connectivity index (χ1) is 12.2. The van der Waals surface area contributed by atoms with E-state index in [1.54, 1.807) is 23.1 Å². The zero-order chi connectivity index (χ0) is 17.2. The van der Waals surface area contributed by atoms with E-state index in [1.807, 2.05) is 0 Å². The Morgan fingerprint density at radius 2 is 2.20 bits per heavy atom. The summed E-state index contributed by atoms with van der Waals surface area (Å²) in [6, 6.07) is 6.21. The van der Waals surface area contributed by atoms with Gasteiger partial charge in [-0.05, 0) is 18.9 Å². The fraction of sp³-hybridized carbons (Fsp3) is 0.471. The lowest BCUT2D eigenvalue weighted by atomic mass is 10.1. The van der Waals surface area contributed by atoms with Crippen LogP contribution in [0.5, 0.6) is 0 Å². The Morgan fingerprint density at radius 3 is 3.00 bits per heavy atom. The highest BCUT2D eigenvalue weighted by Gasteiger charge is 2.29. The maximum Gasteiger partial charge on any atom is 0.318 e. The molecule has 1 aromatic carbocycles. The van der Waals surface area contributed by atoms with Crippen LogP contribution in [0.15, 0.2) is 28.8 Å². The Balaban J connectivity index is 1.34. The Hall–Kier alpha value is -2.48. The Morgan fingerprint density at radius 1 is 1.36 bits per heavy atom. The topological polar surface area (TPSA) is 80.5 Å². The van der Waals surface area contributed by atoms with E-state index in [-0.39, 0.29) is 18.4 Å². The van der Waals surface area contributed by atoms with E-state index >= 15 is 0 Å². The monoisotopic (exact) mass is 346 g/mol. The fourth-order valence-corrected chi connectivity index (χ4v) is 2.87. The Kier molecular flexibility index (Phi) is 4.35. The zero-order valence-electron chi connectivity index (χ0n) is 13.7. The highest BCUT2D eigenvalue weighted by atomic mass is 19.1. The number of rotatable bonds is 4. The van der Waals surface area contributed by atoms with E-state index in [2.05, 4.69) is 15.5 Å². The molecule has 1 saturated heterocycles. The molecule has 2 amide bonds. The number of urea groups is 1. The average molecular weight is 346 g/mol. The van der Waals surface area contributed by atoms with Gasteiger partial charge in [-0.1, -0.05) is 23.4 Å². The second-order valence-electron chi connectivity index (χ2n) is 6.31. The molecular formula is C17H19FN4O3. The molecule has 1 aliphatic heterocycles. The average Bonchev–Trinajstić information content (AvgIpc) is 3.38. The second kappa shape index (κ2) is 6.79. The number of halogens is 1. The van der Waals surface area contributed by atoms with Crippen LogP contribution in [-0.4, -0.2) is 40.8 Å². The molecule has 4 rings (SSSR count). The van der Waals surface area contributed by atoms with Crippen LogP contribution in [0.2, 0.25) is 0 Å². The molecule has 2 fully saturated rings. The summed E-state index contributed by atoms with van der Waals surface area (Å²) in [6.45, 7) is 1.29. The van der Waals surface area contributed by atoms with E-state index in [4.69, 9.17) is 9.26 Å². The molecule has 0 unspecified atom stereocenters. The number of amides is 2. The van der Waals surface area contributed by atoms with Crippen molar-refractivity contribution in [1.82, 2.24) is 20.4 Å². The van der Waals surface area contributed by atoms with Crippen molar-refractivity contribution in [2.75, 3.05) is 19.7 Å². The molecule has 1 N–H and O–H groups in total. The summed E-state index contributed by atoms with van der Waals surface area (Å²) in [5.74, 6) is 1.20. The molecule has 132 valence electrons. The number of hydrogen-bond acceptors (Lipinski definition) is 5. The van der Waals surface area contributed by atoms with Gasteiger partial charge in [0.2, 0.25) is 5.89 Å². The number of benzene rings is 1. The number of carbonyl (C=O) groups is 1. The van der Waals surface area contributed by atoms with Gasteiger partial charge in [0.25, 0.3) is 0 Å².